The van der Waals surface area contributed by atoms with Gasteiger partial charge in [0.25, 0.3) is 5.91 Å². The zero-order valence-corrected chi connectivity index (χ0v) is 15.9. The molecule has 7 nitrogen and oxygen atoms in total. The molecular weight excluding hydrogens is 382 g/mol. The lowest BCUT2D eigenvalue weighted by Gasteiger charge is -2.10. The van der Waals surface area contributed by atoms with Gasteiger partial charge in [-0.3, -0.25) is 4.79 Å². The van der Waals surface area contributed by atoms with Crippen molar-refractivity contribution < 1.29 is 19.1 Å². The molecule has 2 aromatic heterocycles. The number of rotatable bonds is 6. The minimum absolute atomic E-state index is 0.0950. The van der Waals surface area contributed by atoms with Gasteiger partial charge in [0.05, 0.1) is 29.7 Å². The fourth-order valence-corrected chi connectivity index (χ4v) is 3.23. The Morgan fingerprint density at radius 2 is 2.11 bits per heavy atom. The van der Waals surface area contributed by atoms with E-state index in [0.717, 1.165) is 29.8 Å². The summed E-state index contributed by atoms with van der Waals surface area (Å²) >= 11 is 6.25. The number of aryl methyl sites for hydroxylation is 1. The van der Waals surface area contributed by atoms with Crippen LogP contribution in [0, 0.1) is 6.92 Å². The first kappa shape index (κ1) is 18.3. The molecule has 1 aliphatic rings. The second kappa shape index (κ2) is 7.16. The Labute approximate surface area is 165 Å². The molecule has 144 valence electrons. The van der Waals surface area contributed by atoms with Crippen LogP contribution in [0.5, 0.6) is 0 Å². The van der Waals surface area contributed by atoms with E-state index in [1.54, 1.807) is 10.9 Å². The van der Waals surface area contributed by atoms with E-state index in [9.17, 15) is 9.59 Å². The molecule has 1 aromatic carbocycles. The molecule has 8 heteroatoms. The third-order valence-electron chi connectivity index (χ3n) is 4.71. The maximum atomic E-state index is 12.7. The van der Waals surface area contributed by atoms with Crippen LogP contribution in [0.1, 0.15) is 56.7 Å². The van der Waals surface area contributed by atoms with Crippen molar-refractivity contribution in [1.29, 1.82) is 0 Å². The molecular formula is C20H18ClN3O4. The summed E-state index contributed by atoms with van der Waals surface area (Å²) in [6, 6.07) is 8.58. The van der Waals surface area contributed by atoms with Gasteiger partial charge < -0.3 is 14.8 Å². The van der Waals surface area contributed by atoms with Crippen LogP contribution >= 0.6 is 11.6 Å². The molecule has 1 saturated carbocycles. The standard InChI is InChI=1S/C20H18ClN3O4/c1-11-2-5-13(8-16(11)21)24-18(12-3-4-12)15(10-23-24)19(25)22-9-14-6-7-17(28-14)20(26)27/h2,5-8,10,12H,3-4,9H2,1H3,(H,22,25)(H,26,27). The minimum Gasteiger partial charge on any atom is -0.475 e. The van der Waals surface area contributed by atoms with Crippen molar-refractivity contribution in [1.82, 2.24) is 15.1 Å². The van der Waals surface area contributed by atoms with Gasteiger partial charge in [-0.2, -0.15) is 5.10 Å². The van der Waals surface area contributed by atoms with Gasteiger partial charge in [-0.05, 0) is 49.6 Å². The van der Waals surface area contributed by atoms with Crippen molar-refractivity contribution in [3.8, 4) is 5.69 Å². The fraction of sp³-hybridized carbons (Fsp3) is 0.250. The molecule has 4 rings (SSSR count). The topological polar surface area (TPSA) is 97.4 Å². The minimum atomic E-state index is -1.15. The predicted octanol–water partition coefficient (Wildman–Crippen LogP) is 3.93. The smallest absolute Gasteiger partial charge is 0.371 e. The first-order valence-corrected chi connectivity index (χ1v) is 9.26. The van der Waals surface area contributed by atoms with E-state index in [1.807, 2.05) is 25.1 Å². The number of carbonyl (C=O) groups is 2. The molecule has 1 amide bonds. The Hall–Kier alpha value is -3.06. The normalized spacial score (nSPS) is 13.5. The third-order valence-corrected chi connectivity index (χ3v) is 5.12. The second-order valence-electron chi connectivity index (χ2n) is 6.82. The van der Waals surface area contributed by atoms with E-state index in [-0.39, 0.29) is 24.1 Å². The van der Waals surface area contributed by atoms with Gasteiger partial charge in [-0.25, -0.2) is 9.48 Å². The van der Waals surface area contributed by atoms with Crippen molar-refractivity contribution in [3.05, 3.63) is 69.9 Å². The van der Waals surface area contributed by atoms with Gasteiger partial charge >= 0.3 is 5.97 Å². The van der Waals surface area contributed by atoms with Crippen LogP contribution in [0.15, 0.2) is 40.9 Å². The second-order valence-corrected chi connectivity index (χ2v) is 7.22. The van der Waals surface area contributed by atoms with Crippen molar-refractivity contribution in [2.24, 2.45) is 0 Å². The summed E-state index contributed by atoms with van der Waals surface area (Å²) in [4.78, 5) is 23.6. The molecule has 0 saturated heterocycles. The summed E-state index contributed by atoms with van der Waals surface area (Å²) in [5.74, 6) is -0.930. The lowest BCUT2D eigenvalue weighted by atomic mass is 10.1. The maximum Gasteiger partial charge on any atom is 0.371 e. The Balaban J connectivity index is 1.57. The number of nitrogens with one attached hydrogen (secondary N) is 1. The molecule has 1 aliphatic carbocycles. The maximum absolute atomic E-state index is 12.7. The van der Waals surface area contributed by atoms with Crippen molar-refractivity contribution in [3.63, 3.8) is 0 Å². The van der Waals surface area contributed by atoms with E-state index in [4.69, 9.17) is 21.1 Å². The molecule has 0 aliphatic heterocycles. The van der Waals surface area contributed by atoms with Crippen LogP contribution in [0.2, 0.25) is 5.02 Å². The van der Waals surface area contributed by atoms with Crippen LogP contribution in [-0.2, 0) is 6.54 Å². The summed E-state index contributed by atoms with van der Waals surface area (Å²) < 4.78 is 6.94. The number of hydrogen-bond donors (Lipinski definition) is 2. The Bertz CT molecular complexity index is 1070. The fourth-order valence-electron chi connectivity index (χ4n) is 3.05. The monoisotopic (exact) mass is 399 g/mol. The number of benzene rings is 1. The molecule has 2 N–H and O–H groups in total. The quantitative estimate of drug-likeness (QED) is 0.654. The molecule has 1 fully saturated rings. The van der Waals surface area contributed by atoms with Crippen LogP contribution in [0.4, 0.5) is 0 Å². The lowest BCUT2D eigenvalue weighted by molar-refractivity contribution is 0.0660. The van der Waals surface area contributed by atoms with Crippen LogP contribution in [0.25, 0.3) is 5.69 Å². The first-order valence-electron chi connectivity index (χ1n) is 8.88. The summed E-state index contributed by atoms with van der Waals surface area (Å²) in [5, 5.41) is 16.7. The molecule has 2 heterocycles. The number of halogens is 1. The van der Waals surface area contributed by atoms with Crippen molar-refractivity contribution in [2.75, 3.05) is 0 Å². The first-order chi connectivity index (χ1) is 13.4. The Kier molecular flexibility index (Phi) is 4.68. The average Bonchev–Trinajstić information content (AvgIpc) is 3.22. The van der Waals surface area contributed by atoms with E-state index in [1.165, 1.54) is 12.1 Å². The Morgan fingerprint density at radius 1 is 1.32 bits per heavy atom. The highest BCUT2D eigenvalue weighted by atomic mass is 35.5. The van der Waals surface area contributed by atoms with Crippen LogP contribution < -0.4 is 5.32 Å². The zero-order valence-electron chi connectivity index (χ0n) is 15.1. The number of furan rings is 1. The number of aromatic carboxylic acids is 1. The molecule has 0 bridgehead atoms. The van der Waals surface area contributed by atoms with Gasteiger partial charge in [0.1, 0.15) is 5.76 Å². The van der Waals surface area contributed by atoms with Gasteiger partial charge in [-0.15, -0.1) is 0 Å². The number of carbonyl (C=O) groups excluding carboxylic acids is 1. The highest BCUT2D eigenvalue weighted by molar-refractivity contribution is 6.31. The Morgan fingerprint density at radius 3 is 2.75 bits per heavy atom. The van der Waals surface area contributed by atoms with E-state index in [0.29, 0.717) is 16.3 Å². The highest BCUT2D eigenvalue weighted by Gasteiger charge is 2.33. The van der Waals surface area contributed by atoms with Crippen molar-refractivity contribution >= 4 is 23.5 Å². The molecule has 0 atom stereocenters. The van der Waals surface area contributed by atoms with Crippen molar-refractivity contribution in [2.45, 2.75) is 32.2 Å². The van der Waals surface area contributed by atoms with Crippen LogP contribution in [0.3, 0.4) is 0 Å². The van der Waals surface area contributed by atoms with Gasteiger partial charge in [-0.1, -0.05) is 17.7 Å². The van der Waals surface area contributed by atoms with Crippen LogP contribution in [-0.4, -0.2) is 26.8 Å². The number of carboxylic acids is 1. The number of carboxylic acid groups (broad SMARTS) is 1. The van der Waals surface area contributed by atoms with E-state index in [2.05, 4.69) is 10.4 Å². The number of aromatic nitrogens is 2. The number of nitrogens with zero attached hydrogens (tertiary/aromatic N) is 2. The zero-order chi connectivity index (χ0) is 19.8. The molecule has 28 heavy (non-hydrogen) atoms. The third kappa shape index (κ3) is 3.53. The average molecular weight is 400 g/mol. The summed E-state index contributed by atoms with van der Waals surface area (Å²) in [5.41, 5.74) is 3.16. The SMILES string of the molecule is Cc1ccc(-n2ncc(C(=O)NCc3ccc(C(=O)O)o3)c2C2CC2)cc1Cl. The lowest BCUT2D eigenvalue weighted by Crippen LogP contribution is -2.23. The van der Waals surface area contributed by atoms with Gasteiger partial charge in [0.15, 0.2) is 0 Å². The van der Waals surface area contributed by atoms with E-state index >= 15 is 0 Å². The van der Waals surface area contributed by atoms with E-state index < -0.39 is 5.97 Å². The van der Waals surface area contributed by atoms with Gasteiger partial charge in [0.2, 0.25) is 5.76 Å². The molecule has 0 radical (unpaired) electrons. The number of amides is 1. The summed E-state index contributed by atoms with van der Waals surface area (Å²) in [6.07, 6.45) is 3.57. The number of hydrogen-bond acceptors (Lipinski definition) is 4. The molecule has 3 aromatic rings. The molecule has 0 spiro atoms. The van der Waals surface area contributed by atoms with Gasteiger partial charge in [0, 0.05) is 10.9 Å². The predicted molar refractivity (Wildman–Crippen MR) is 102 cm³/mol. The highest BCUT2D eigenvalue weighted by Crippen LogP contribution is 2.42. The summed E-state index contributed by atoms with van der Waals surface area (Å²) in [6.45, 7) is 2.03. The molecule has 0 unspecified atom stereocenters. The summed E-state index contributed by atoms with van der Waals surface area (Å²) in [7, 11) is 0. The largest absolute Gasteiger partial charge is 0.475 e.